The number of carbonyl (C=O) groups is 2. The molecule has 1 unspecified atom stereocenters. The van der Waals surface area contributed by atoms with Crippen LogP contribution >= 0.6 is 15.9 Å². The van der Waals surface area contributed by atoms with Crippen molar-refractivity contribution in [2.24, 2.45) is 5.92 Å². The van der Waals surface area contributed by atoms with E-state index >= 15 is 0 Å². The van der Waals surface area contributed by atoms with Crippen molar-refractivity contribution in [3.8, 4) is 0 Å². The molecule has 0 radical (unpaired) electrons. The SMILES string of the molecule is CCCC1CC(=O)N(C(=O)c2ccc(Br)cc2F)C1. The number of carbonyl (C=O) groups excluding carboxylic acids is 2. The Kier molecular flexibility index (Phi) is 4.34. The van der Waals surface area contributed by atoms with Crippen LogP contribution < -0.4 is 0 Å². The molecule has 3 nitrogen and oxygen atoms in total. The summed E-state index contributed by atoms with van der Waals surface area (Å²) in [6, 6.07) is 4.24. The second kappa shape index (κ2) is 5.82. The minimum Gasteiger partial charge on any atom is -0.278 e. The predicted octanol–water partition coefficient (Wildman–Crippen LogP) is 3.38. The molecule has 0 aliphatic carbocycles. The summed E-state index contributed by atoms with van der Waals surface area (Å²) in [6.45, 7) is 2.45. The van der Waals surface area contributed by atoms with Crippen LogP contribution in [-0.2, 0) is 4.79 Å². The van der Waals surface area contributed by atoms with E-state index in [1.165, 1.54) is 17.0 Å². The molecule has 19 heavy (non-hydrogen) atoms. The Morgan fingerprint density at radius 2 is 2.26 bits per heavy atom. The number of amides is 2. The second-order valence-corrected chi connectivity index (χ2v) is 5.71. The molecule has 0 aromatic heterocycles. The molecule has 1 heterocycles. The lowest BCUT2D eigenvalue weighted by Gasteiger charge is -2.15. The minimum atomic E-state index is -0.605. The van der Waals surface area contributed by atoms with Crippen LogP contribution in [0.2, 0.25) is 0 Å². The zero-order valence-corrected chi connectivity index (χ0v) is 12.2. The maximum atomic E-state index is 13.7. The number of hydrogen-bond donors (Lipinski definition) is 0. The fourth-order valence-electron chi connectivity index (χ4n) is 2.39. The van der Waals surface area contributed by atoms with Crippen LogP contribution in [0.25, 0.3) is 0 Å². The Morgan fingerprint density at radius 1 is 1.53 bits per heavy atom. The van der Waals surface area contributed by atoms with E-state index < -0.39 is 11.7 Å². The van der Waals surface area contributed by atoms with Gasteiger partial charge in [-0.25, -0.2) is 4.39 Å². The fraction of sp³-hybridized carbons (Fsp3) is 0.429. The molecule has 1 aliphatic heterocycles. The monoisotopic (exact) mass is 327 g/mol. The smallest absolute Gasteiger partial charge is 0.263 e. The number of likely N-dealkylation sites (tertiary alicyclic amines) is 1. The first kappa shape index (κ1) is 14.2. The van der Waals surface area contributed by atoms with E-state index in [4.69, 9.17) is 0 Å². The molecule has 0 saturated carbocycles. The van der Waals surface area contributed by atoms with Gasteiger partial charge in [0, 0.05) is 17.4 Å². The van der Waals surface area contributed by atoms with E-state index in [2.05, 4.69) is 15.9 Å². The first-order valence-electron chi connectivity index (χ1n) is 6.32. The maximum absolute atomic E-state index is 13.7. The van der Waals surface area contributed by atoms with Gasteiger partial charge >= 0.3 is 0 Å². The van der Waals surface area contributed by atoms with Gasteiger partial charge in [0.05, 0.1) is 5.56 Å². The lowest BCUT2D eigenvalue weighted by atomic mass is 10.0. The van der Waals surface area contributed by atoms with Crippen LogP contribution in [0.15, 0.2) is 22.7 Å². The summed E-state index contributed by atoms with van der Waals surface area (Å²) in [6.07, 6.45) is 2.28. The van der Waals surface area contributed by atoms with Gasteiger partial charge in [0.2, 0.25) is 5.91 Å². The van der Waals surface area contributed by atoms with Crippen LogP contribution in [0.5, 0.6) is 0 Å². The Balaban J connectivity index is 2.18. The van der Waals surface area contributed by atoms with Crippen LogP contribution in [0.3, 0.4) is 0 Å². The molecular formula is C14H15BrFNO2. The Labute approximate surface area is 119 Å². The molecule has 102 valence electrons. The highest BCUT2D eigenvalue weighted by molar-refractivity contribution is 9.10. The quantitative estimate of drug-likeness (QED) is 0.798. The van der Waals surface area contributed by atoms with Crippen LogP contribution in [-0.4, -0.2) is 23.3 Å². The molecule has 1 aliphatic rings. The molecule has 1 fully saturated rings. The number of halogens is 2. The fourth-order valence-corrected chi connectivity index (χ4v) is 2.72. The number of hydrogen-bond acceptors (Lipinski definition) is 2. The van der Waals surface area contributed by atoms with Crippen LogP contribution in [0, 0.1) is 11.7 Å². The van der Waals surface area contributed by atoms with Gasteiger partial charge in [0.1, 0.15) is 5.82 Å². The number of benzene rings is 1. The van der Waals surface area contributed by atoms with E-state index in [1.54, 1.807) is 6.07 Å². The summed E-state index contributed by atoms with van der Waals surface area (Å²) in [5.41, 5.74) is -0.0475. The third-order valence-corrected chi connectivity index (χ3v) is 3.80. The number of imide groups is 1. The van der Waals surface area contributed by atoms with Crippen molar-refractivity contribution < 1.29 is 14.0 Å². The standard InChI is InChI=1S/C14H15BrFNO2/c1-2-3-9-6-13(18)17(8-9)14(19)11-5-4-10(15)7-12(11)16/h4-5,7,9H,2-3,6,8H2,1H3. The van der Waals surface area contributed by atoms with Gasteiger partial charge in [-0.15, -0.1) is 0 Å². The molecule has 1 aromatic carbocycles. The topological polar surface area (TPSA) is 37.4 Å². The third-order valence-electron chi connectivity index (χ3n) is 3.31. The summed E-state index contributed by atoms with van der Waals surface area (Å²) >= 11 is 3.14. The molecule has 0 bridgehead atoms. The van der Waals surface area contributed by atoms with Crippen molar-refractivity contribution in [3.63, 3.8) is 0 Å². The molecule has 1 atom stereocenters. The van der Waals surface area contributed by atoms with Gasteiger partial charge in [-0.05, 0) is 30.5 Å². The molecular weight excluding hydrogens is 313 g/mol. The van der Waals surface area contributed by atoms with Crippen molar-refractivity contribution in [3.05, 3.63) is 34.1 Å². The van der Waals surface area contributed by atoms with E-state index in [0.29, 0.717) is 17.4 Å². The number of rotatable bonds is 3. The average molecular weight is 328 g/mol. The van der Waals surface area contributed by atoms with Crippen LogP contribution in [0.1, 0.15) is 36.5 Å². The molecule has 0 spiro atoms. The number of nitrogens with zero attached hydrogens (tertiary/aromatic N) is 1. The second-order valence-electron chi connectivity index (χ2n) is 4.79. The normalized spacial score (nSPS) is 19.0. The summed E-state index contributed by atoms with van der Waals surface area (Å²) in [5.74, 6) is -1.13. The van der Waals surface area contributed by atoms with E-state index in [9.17, 15) is 14.0 Å². The molecule has 2 amide bonds. The summed E-state index contributed by atoms with van der Waals surface area (Å²) in [5, 5.41) is 0. The Bertz CT molecular complexity index is 518. The summed E-state index contributed by atoms with van der Waals surface area (Å²) in [7, 11) is 0. The molecule has 1 aromatic rings. The van der Waals surface area contributed by atoms with E-state index in [0.717, 1.165) is 12.8 Å². The Hall–Kier alpha value is -1.23. The molecule has 0 N–H and O–H groups in total. The average Bonchev–Trinajstić information content (AvgIpc) is 2.70. The van der Waals surface area contributed by atoms with Gasteiger partial charge in [-0.3, -0.25) is 14.5 Å². The molecule has 1 saturated heterocycles. The van der Waals surface area contributed by atoms with Crippen molar-refractivity contribution in [1.82, 2.24) is 4.90 Å². The van der Waals surface area contributed by atoms with E-state index in [-0.39, 0.29) is 17.4 Å². The third kappa shape index (κ3) is 3.03. The maximum Gasteiger partial charge on any atom is 0.263 e. The summed E-state index contributed by atoms with van der Waals surface area (Å²) in [4.78, 5) is 25.2. The van der Waals surface area contributed by atoms with Crippen molar-refractivity contribution in [2.45, 2.75) is 26.2 Å². The summed E-state index contributed by atoms with van der Waals surface area (Å²) < 4.78 is 14.3. The zero-order valence-electron chi connectivity index (χ0n) is 10.7. The van der Waals surface area contributed by atoms with Crippen LogP contribution in [0.4, 0.5) is 4.39 Å². The van der Waals surface area contributed by atoms with Gasteiger partial charge in [0.15, 0.2) is 0 Å². The van der Waals surface area contributed by atoms with Crippen molar-refractivity contribution in [2.75, 3.05) is 6.54 Å². The van der Waals surface area contributed by atoms with Gasteiger partial charge in [-0.1, -0.05) is 29.3 Å². The lowest BCUT2D eigenvalue weighted by Crippen LogP contribution is -2.33. The highest BCUT2D eigenvalue weighted by atomic mass is 79.9. The van der Waals surface area contributed by atoms with E-state index in [1.807, 2.05) is 6.92 Å². The Morgan fingerprint density at radius 3 is 2.89 bits per heavy atom. The van der Waals surface area contributed by atoms with Gasteiger partial charge in [0.25, 0.3) is 5.91 Å². The highest BCUT2D eigenvalue weighted by Crippen LogP contribution is 2.25. The lowest BCUT2D eigenvalue weighted by molar-refractivity contribution is -0.125. The molecule has 5 heteroatoms. The highest BCUT2D eigenvalue weighted by Gasteiger charge is 2.34. The predicted molar refractivity (Wildman–Crippen MR) is 73.2 cm³/mol. The first-order valence-corrected chi connectivity index (χ1v) is 7.12. The van der Waals surface area contributed by atoms with Crippen molar-refractivity contribution in [1.29, 1.82) is 0 Å². The van der Waals surface area contributed by atoms with Gasteiger partial charge in [-0.2, -0.15) is 0 Å². The molecule has 2 rings (SSSR count). The first-order chi connectivity index (χ1) is 9.02. The minimum absolute atomic E-state index is 0.0475. The van der Waals surface area contributed by atoms with Crippen molar-refractivity contribution >= 4 is 27.7 Å². The largest absolute Gasteiger partial charge is 0.278 e. The zero-order chi connectivity index (χ0) is 14.0. The van der Waals surface area contributed by atoms with Gasteiger partial charge < -0.3 is 0 Å².